The first-order chi connectivity index (χ1) is 15.8. The second-order valence-electron chi connectivity index (χ2n) is 7.54. The molecule has 0 aliphatic rings. The topological polar surface area (TPSA) is 81.0 Å². The third-order valence-electron chi connectivity index (χ3n) is 5.34. The number of aromatic nitrogens is 1. The lowest BCUT2D eigenvalue weighted by molar-refractivity contribution is 0.0997. The Labute approximate surface area is 195 Å². The van der Waals surface area contributed by atoms with Gasteiger partial charge in [0, 0.05) is 31.4 Å². The van der Waals surface area contributed by atoms with Gasteiger partial charge in [0.2, 0.25) is 10.0 Å². The predicted molar refractivity (Wildman–Crippen MR) is 128 cm³/mol. The van der Waals surface area contributed by atoms with Crippen LogP contribution in [0.1, 0.15) is 35.3 Å². The Morgan fingerprint density at radius 2 is 1.73 bits per heavy atom. The first-order valence-electron chi connectivity index (χ1n) is 10.8. The summed E-state index contributed by atoms with van der Waals surface area (Å²) in [7, 11) is -2.41. The zero-order valence-electron chi connectivity index (χ0n) is 19.4. The standard InChI is InChI=1S/C25H29N3O4S/c1-5-28(6-2)33(30,31)23-17-21(14-15-22(23)32-4)25(29)26-24-9-7-8-16-27(24)18-20-12-10-19(3)11-13-20/h7-17H,5-6,18H2,1-4H3. The molecule has 0 unspecified atom stereocenters. The first kappa shape index (κ1) is 24.4. The highest BCUT2D eigenvalue weighted by Gasteiger charge is 2.26. The zero-order valence-corrected chi connectivity index (χ0v) is 20.2. The van der Waals surface area contributed by atoms with Crippen molar-refractivity contribution in [2.24, 2.45) is 4.99 Å². The molecule has 33 heavy (non-hydrogen) atoms. The highest BCUT2D eigenvalue weighted by atomic mass is 32.2. The fraction of sp³-hybridized carbons (Fsp3) is 0.280. The van der Waals surface area contributed by atoms with Gasteiger partial charge >= 0.3 is 0 Å². The van der Waals surface area contributed by atoms with Crippen LogP contribution in [0.2, 0.25) is 0 Å². The van der Waals surface area contributed by atoms with Crippen molar-refractivity contribution in [1.29, 1.82) is 0 Å². The van der Waals surface area contributed by atoms with Gasteiger partial charge in [0.1, 0.15) is 16.1 Å². The van der Waals surface area contributed by atoms with Crippen LogP contribution in [0.4, 0.5) is 0 Å². The number of nitrogens with zero attached hydrogens (tertiary/aromatic N) is 3. The largest absolute Gasteiger partial charge is 0.495 e. The van der Waals surface area contributed by atoms with E-state index in [9.17, 15) is 13.2 Å². The molecular formula is C25H29N3O4S. The molecule has 0 aliphatic carbocycles. The van der Waals surface area contributed by atoms with Gasteiger partial charge in [-0.2, -0.15) is 9.30 Å². The Hall–Kier alpha value is -3.23. The van der Waals surface area contributed by atoms with Gasteiger partial charge in [0.25, 0.3) is 5.91 Å². The zero-order chi connectivity index (χ0) is 24.0. The van der Waals surface area contributed by atoms with Crippen LogP contribution in [-0.4, -0.2) is 43.4 Å². The monoisotopic (exact) mass is 467 g/mol. The van der Waals surface area contributed by atoms with Crippen LogP contribution in [0.15, 0.2) is 76.7 Å². The number of carbonyl (C=O) groups is 1. The Kier molecular flexibility index (Phi) is 7.84. The molecule has 0 radical (unpaired) electrons. The van der Waals surface area contributed by atoms with E-state index < -0.39 is 15.9 Å². The quantitative estimate of drug-likeness (QED) is 0.507. The summed E-state index contributed by atoms with van der Waals surface area (Å²) in [6.45, 7) is 6.74. The lowest BCUT2D eigenvalue weighted by Crippen LogP contribution is -2.31. The molecule has 8 heteroatoms. The van der Waals surface area contributed by atoms with E-state index in [-0.39, 0.29) is 16.2 Å². The molecule has 0 saturated carbocycles. The van der Waals surface area contributed by atoms with E-state index in [0.717, 1.165) is 5.56 Å². The van der Waals surface area contributed by atoms with Crippen LogP contribution in [0.3, 0.4) is 0 Å². The maximum atomic E-state index is 13.1. The van der Waals surface area contributed by atoms with Crippen molar-refractivity contribution in [3.8, 4) is 5.75 Å². The molecular weight excluding hydrogens is 438 g/mol. The molecule has 0 saturated heterocycles. The van der Waals surface area contributed by atoms with Gasteiger partial charge in [-0.3, -0.25) is 4.79 Å². The lowest BCUT2D eigenvalue weighted by Gasteiger charge is -2.20. The highest BCUT2D eigenvalue weighted by Crippen LogP contribution is 2.28. The molecule has 0 aliphatic heterocycles. The summed E-state index contributed by atoms with van der Waals surface area (Å²) < 4.78 is 34.6. The number of hydrogen-bond donors (Lipinski definition) is 0. The van der Waals surface area contributed by atoms with Gasteiger partial charge in [-0.1, -0.05) is 49.7 Å². The average molecular weight is 468 g/mol. The highest BCUT2D eigenvalue weighted by molar-refractivity contribution is 7.89. The minimum absolute atomic E-state index is 0.0460. The Balaban J connectivity index is 2.01. The van der Waals surface area contributed by atoms with Crippen molar-refractivity contribution in [3.63, 3.8) is 0 Å². The SMILES string of the molecule is CCN(CC)S(=O)(=O)c1cc(C(=O)N=c2ccccn2Cc2ccc(C)cc2)ccc1OC. The fourth-order valence-corrected chi connectivity index (χ4v) is 5.11. The van der Waals surface area contributed by atoms with Crippen molar-refractivity contribution in [3.05, 3.63) is 89.0 Å². The first-order valence-corrected chi connectivity index (χ1v) is 12.2. The predicted octanol–water partition coefficient (Wildman–Crippen LogP) is 3.63. The molecule has 1 heterocycles. The maximum absolute atomic E-state index is 13.1. The number of aryl methyl sites for hydroxylation is 1. The summed E-state index contributed by atoms with van der Waals surface area (Å²) in [5, 5.41) is 0. The summed E-state index contributed by atoms with van der Waals surface area (Å²) in [5.74, 6) is -0.342. The number of pyridine rings is 1. The molecule has 7 nitrogen and oxygen atoms in total. The second-order valence-corrected chi connectivity index (χ2v) is 9.45. The van der Waals surface area contributed by atoms with Crippen LogP contribution in [-0.2, 0) is 16.6 Å². The van der Waals surface area contributed by atoms with Crippen LogP contribution in [0, 0.1) is 6.92 Å². The average Bonchev–Trinajstić information content (AvgIpc) is 2.82. The minimum atomic E-state index is -3.82. The third-order valence-corrected chi connectivity index (χ3v) is 7.41. The van der Waals surface area contributed by atoms with E-state index >= 15 is 0 Å². The maximum Gasteiger partial charge on any atom is 0.278 e. The Morgan fingerprint density at radius 1 is 1.03 bits per heavy atom. The van der Waals surface area contributed by atoms with E-state index in [2.05, 4.69) is 4.99 Å². The molecule has 1 amide bonds. The minimum Gasteiger partial charge on any atom is -0.495 e. The molecule has 2 aromatic carbocycles. The number of methoxy groups -OCH3 is 1. The normalized spacial score (nSPS) is 12.2. The molecule has 3 rings (SSSR count). The summed E-state index contributed by atoms with van der Waals surface area (Å²) in [6, 6.07) is 17.9. The van der Waals surface area contributed by atoms with Crippen molar-refractivity contribution in [1.82, 2.24) is 8.87 Å². The number of hydrogen-bond acceptors (Lipinski definition) is 4. The molecule has 0 fully saturated rings. The van der Waals surface area contributed by atoms with Gasteiger partial charge in [-0.15, -0.1) is 0 Å². The van der Waals surface area contributed by atoms with Crippen LogP contribution in [0.5, 0.6) is 5.75 Å². The Morgan fingerprint density at radius 3 is 2.36 bits per heavy atom. The fourth-order valence-electron chi connectivity index (χ4n) is 3.48. The van der Waals surface area contributed by atoms with Crippen molar-refractivity contribution < 1.29 is 17.9 Å². The van der Waals surface area contributed by atoms with Gasteiger partial charge in [0.05, 0.1) is 7.11 Å². The van der Waals surface area contributed by atoms with Crippen molar-refractivity contribution >= 4 is 15.9 Å². The smallest absolute Gasteiger partial charge is 0.278 e. The van der Waals surface area contributed by atoms with Crippen molar-refractivity contribution in [2.45, 2.75) is 32.2 Å². The summed E-state index contributed by atoms with van der Waals surface area (Å²) >= 11 is 0. The number of amides is 1. The Bertz CT molecular complexity index is 1290. The van der Waals surface area contributed by atoms with E-state index in [0.29, 0.717) is 25.1 Å². The van der Waals surface area contributed by atoms with Crippen molar-refractivity contribution in [2.75, 3.05) is 20.2 Å². The van der Waals surface area contributed by atoms with Gasteiger partial charge in [0.15, 0.2) is 0 Å². The van der Waals surface area contributed by atoms with E-state index in [1.165, 1.54) is 35.2 Å². The number of ether oxygens (including phenoxy) is 1. The van der Waals surface area contributed by atoms with Gasteiger partial charge < -0.3 is 9.30 Å². The molecule has 1 aromatic heterocycles. The lowest BCUT2D eigenvalue weighted by atomic mass is 10.1. The van der Waals surface area contributed by atoms with E-state index in [1.807, 2.05) is 54.1 Å². The number of sulfonamides is 1. The van der Waals surface area contributed by atoms with Crippen LogP contribution in [0.25, 0.3) is 0 Å². The van der Waals surface area contributed by atoms with E-state index in [4.69, 9.17) is 4.74 Å². The third kappa shape index (κ3) is 5.58. The van der Waals surface area contributed by atoms with E-state index in [1.54, 1.807) is 19.9 Å². The summed E-state index contributed by atoms with van der Waals surface area (Å²) in [6.07, 6.45) is 1.86. The van der Waals surface area contributed by atoms with Crippen LogP contribution < -0.4 is 10.2 Å². The van der Waals surface area contributed by atoms with Gasteiger partial charge in [-0.05, 0) is 42.8 Å². The molecule has 0 atom stereocenters. The summed E-state index contributed by atoms with van der Waals surface area (Å²) in [5.41, 5.74) is 2.91. The van der Waals surface area contributed by atoms with Gasteiger partial charge in [-0.25, -0.2) is 8.42 Å². The molecule has 3 aromatic rings. The van der Waals surface area contributed by atoms with Crippen LogP contribution >= 0.6 is 0 Å². The molecule has 0 spiro atoms. The number of benzene rings is 2. The molecule has 0 bridgehead atoms. The number of rotatable bonds is 8. The number of carbonyl (C=O) groups excluding carboxylic acids is 1. The summed E-state index contributed by atoms with van der Waals surface area (Å²) in [4.78, 5) is 17.3. The molecule has 174 valence electrons. The molecule has 0 N–H and O–H groups in total. The second kappa shape index (κ2) is 10.6.